The Hall–Kier alpha value is -0.960. The highest BCUT2D eigenvalue weighted by Crippen LogP contribution is 2.35. The summed E-state index contributed by atoms with van der Waals surface area (Å²) in [4.78, 5) is 11.8. The molecule has 2 atom stereocenters. The lowest BCUT2D eigenvalue weighted by Gasteiger charge is -2.29. The third-order valence-electron chi connectivity index (χ3n) is 3.51. The quantitative estimate of drug-likeness (QED) is 0.776. The van der Waals surface area contributed by atoms with Gasteiger partial charge in [-0.15, -0.1) is 0 Å². The van der Waals surface area contributed by atoms with Crippen LogP contribution in [0.1, 0.15) is 31.2 Å². The van der Waals surface area contributed by atoms with Crippen molar-refractivity contribution < 1.29 is 9.53 Å². The summed E-state index contributed by atoms with van der Waals surface area (Å²) < 4.78 is 4.92. The standard InChI is InChI=1S/C15H20O2S/c1-17-15(16)13-9-5-6-10-14(13)18-11-12-7-3-2-4-8-12/h2-4,7-8,13-14H,5-6,9-11H2,1H3/t13-,14-/m0/s1. The monoisotopic (exact) mass is 264 g/mol. The first-order chi connectivity index (χ1) is 8.81. The van der Waals surface area contributed by atoms with E-state index >= 15 is 0 Å². The molecule has 0 amide bonds. The maximum atomic E-state index is 11.8. The van der Waals surface area contributed by atoms with Crippen LogP contribution in [0, 0.1) is 5.92 Å². The Morgan fingerprint density at radius 3 is 2.72 bits per heavy atom. The zero-order valence-corrected chi connectivity index (χ0v) is 11.6. The third kappa shape index (κ3) is 3.52. The van der Waals surface area contributed by atoms with Crippen LogP contribution < -0.4 is 0 Å². The number of hydrogen-bond donors (Lipinski definition) is 0. The van der Waals surface area contributed by atoms with Crippen LogP contribution in [0.4, 0.5) is 0 Å². The van der Waals surface area contributed by atoms with E-state index in [-0.39, 0.29) is 11.9 Å². The summed E-state index contributed by atoms with van der Waals surface area (Å²) in [7, 11) is 1.50. The van der Waals surface area contributed by atoms with Gasteiger partial charge in [-0.1, -0.05) is 43.2 Å². The normalized spacial score (nSPS) is 23.6. The maximum absolute atomic E-state index is 11.8. The Morgan fingerprint density at radius 2 is 2.00 bits per heavy atom. The fourth-order valence-corrected chi connectivity index (χ4v) is 3.91. The van der Waals surface area contributed by atoms with E-state index in [0.717, 1.165) is 25.0 Å². The minimum absolute atomic E-state index is 0.0275. The predicted molar refractivity (Wildman–Crippen MR) is 75.5 cm³/mol. The molecule has 0 aliphatic heterocycles. The van der Waals surface area contributed by atoms with Crippen LogP contribution in [0.2, 0.25) is 0 Å². The Balaban J connectivity index is 1.91. The first-order valence-electron chi connectivity index (χ1n) is 6.54. The smallest absolute Gasteiger partial charge is 0.309 e. The van der Waals surface area contributed by atoms with Gasteiger partial charge >= 0.3 is 5.97 Å². The van der Waals surface area contributed by atoms with Gasteiger partial charge in [0.25, 0.3) is 0 Å². The number of methoxy groups -OCH3 is 1. The van der Waals surface area contributed by atoms with Gasteiger partial charge < -0.3 is 4.74 Å². The van der Waals surface area contributed by atoms with Crippen molar-refractivity contribution in [3.05, 3.63) is 35.9 Å². The molecule has 0 unspecified atom stereocenters. The minimum atomic E-state index is -0.0275. The second kappa shape index (κ2) is 6.83. The van der Waals surface area contributed by atoms with Crippen LogP contribution in [-0.2, 0) is 15.3 Å². The van der Waals surface area contributed by atoms with Gasteiger partial charge in [-0.2, -0.15) is 11.8 Å². The van der Waals surface area contributed by atoms with E-state index in [9.17, 15) is 4.79 Å². The topological polar surface area (TPSA) is 26.3 Å². The first-order valence-corrected chi connectivity index (χ1v) is 7.59. The van der Waals surface area contributed by atoms with Gasteiger partial charge in [0.2, 0.25) is 0 Å². The molecule has 2 nitrogen and oxygen atoms in total. The van der Waals surface area contributed by atoms with Gasteiger partial charge in [-0.25, -0.2) is 0 Å². The van der Waals surface area contributed by atoms with Gasteiger partial charge in [0.1, 0.15) is 0 Å². The van der Waals surface area contributed by atoms with Crippen molar-refractivity contribution in [3.63, 3.8) is 0 Å². The van der Waals surface area contributed by atoms with Gasteiger partial charge in [0.05, 0.1) is 13.0 Å². The second-order valence-electron chi connectivity index (χ2n) is 4.75. The Morgan fingerprint density at radius 1 is 1.28 bits per heavy atom. The summed E-state index contributed by atoms with van der Waals surface area (Å²) in [5.41, 5.74) is 1.33. The van der Waals surface area contributed by atoms with E-state index in [1.54, 1.807) is 0 Å². The van der Waals surface area contributed by atoms with Crippen molar-refractivity contribution in [2.24, 2.45) is 5.92 Å². The molecule has 0 bridgehead atoms. The highest BCUT2D eigenvalue weighted by Gasteiger charge is 2.31. The van der Waals surface area contributed by atoms with Crippen LogP contribution in [0.25, 0.3) is 0 Å². The number of carbonyl (C=O) groups is 1. The second-order valence-corrected chi connectivity index (χ2v) is 5.98. The zero-order valence-electron chi connectivity index (χ0n) is 10.8. The number of ether oxygens (including phenoxy) is 1. The van der Waals surface area contributed by atoms with Crippen molar-refractivity contribution in [2.75, 3.05) is 7.11 Å². The molecule has 1 saturated carbocycles. The molecule has 1 aliphatic rings. The molecule has 1 fully saturated rings. The molecule has 1 aromatic carbocycles. The molecule has 98 valence electrons. The Labute approximate surface area is 113 Å². The van der Waals surface area contributed by atoms with E-state index in [1.165, 1.54) is 19.1 Å². The lowest BCUT2D eigenvalue weighted by molar-refractivity contribution is -0.146. The predicted octanol–water partition coefficient (Wildman–Crippen LogP) is 3.65. The number of carbonyl (C=O) groups excluding carboxylic acids is 1. The molecule has 0 heterocycles. The summed E-state index contributed by atoms with van der Waals surface area (Å²) in [5.74, 6) is 1.05. The van der Waals surface area contributed by atoms with Crippen LogP contribution in [0.3, 0.4) is 0 Å². The molecule has 0 saturated heterocycles. The SMILES string of the molecule is COC(=O)[C@H]1CCCC[C@@H]1SCc1ccccc1. The summed E-state index contributed by atoms with van der Waals surface area (Å²) in [6.07, 6.45) is 4.51. The number of benzene rings is 1. The fourth-order valence-electron chi connectivity index (χ4n) is 2.49. The highest BCUT2D eigenvalue weighted by molar-refractivity contribution is 7.99. The number of rotatable bonds is 4. The van der Waals surface area contributed by atoms with Crippen molar-refractivity contribution in [2.45, 2.75) is 36.7 Å². The summed E-state index contributed by atoms with van der Waals surface area (Å²) in [6, 6.07) is 10.4. The highest BCUT2D eigenvalue weighted by atomic mass is 32.2. The third-order valence-corrected chi connectivity index (χ3v) is 5.01. The molecule has 0 radical (unpaired) electrons. The molecular formula is C15H20O2S. The first kappa shape index (κ1) is 13.5. The van der Waals surface area contributed by atoms with E-state index in [0.29, 0.717) is 5.25 Å². The molecule has 1 aromatic rings. The van der Waals surface area contributed by atoms with Crippen molar-refractivity contribution >= 4 is 17.7 Å². The Kier molecular flexibility index (Phi) is 5.12. The molecule has 1 aliphatic carbocycles. The lowest BCUT2D eigenvalue weighted by Crippen LogP contribution is -2.30. The molecule has 0 aromatic heterocycles. The average molecular weight is 264 g/mol. The van der Waals surface area contributed by atoms with Gasteiger partial charge in [0.15, 0.2) is 0 Å². The van der Waals surface area contributed by atoms with Crippen molar-refractivity contribution in [1.82, 2.24) is 0 Å². The summed E-state index contributed by atoms with van der Waals surface area (Å²) in [6.45, 7) is 0. The van der Waals surface area contributed by atoms with Crippen LogP contribution in [-0.4, -0.2) is 18.3 Å². The van der Waals surface area contributed by atoms with Crippen LogP contribution in [0.5, 0.6) is 0 Å². The largest absolute Gasteiger partial charge is 0.469 e. The van der Waals surface area contributed by atoms with Crippen LogP contribution in [0.15, 0.2) is 30.3 Å². The van der Waals surface area contributed by atoms with E-state index in [2.05, 4.69) is 24.3 Å². The molecule has 0 N–H and O–H groups in total. The van der Waals surface area contributed by atoms with Crippen molar-refractivity contribution in [1.29, 1.82) is 0 Å². The number of esters is 1. The van der Waals surface area contributed by atoms with E-state index in [1.807, 2.05) is 17.8 Å². The number of hydrogen-bond acceptors (Lipinski definition) is 3. The minimum Gasteiger partial charge on any atom is -0.469 e. The number of thioether (sulfide) groups is 1. The van der Waals surface area contributed by atoms with Gasteiger partial charge in [-0.3, -0.25) is 4.79 Å². The molecule has 2 rings (SSSR count). The average Bonchev–Trinajstić information content (AvgIpc) is 2.45. The van der Waals surface area contributed by atoms with E-state index in [4.69, 9.17) is 4.74 Å². The zero-order chi connectivity index (χ0) is 12.8. The molecule has 3 heteroatoms. The maximum Gasteiger partial charge on any atom is 0.309 e. The Bertz CT molecular complexity index is 377. The van der Waals surface area contributed by atoms with Gasteiger partial charge in [0, 0.05) is 11.0 Å². The summed E-state index contributed by atoms with van der Waals surface area (Å²) >= 11 is 1.90. The molecular weight excluding hydrogens is 244 g/mol. The van der Waals surface area contributed by atoms with Crippen molar-refractivity contribution in [3.8, 4) is 0 Å². The fraction of sp³-hybridized carbons (Fsp3) is 0.533. The van der Waals surface area contributed by atoms with E-state index < -0.39 is 0 Å². The van der Waals surface area contributed by atoms with Gasteiger partial charge in [-0.05, 0) is 18.4 Å². The summed E-state index contributed by atoms with van der Waals surface area (Å²) in [5, 5.41) is 0.423. The van der Waals surface area contributed by atoms with Crippen LogP contribution >= 0.6 is 11.8 Å². The molecule has 18 heavy (non-hydrogen) atoms. The lowest BCUT2D eigenvalue weighted by atomic mass is 9.89. The molecule has 0 spiro atoms.